The van der Waals surface area contributed by atoms with E-state index in [4.69, 9.17) is 15.6 Å². The minimum atomic E-state index is -1.08. The zero-order chi connectivity index (χ0) is 12.4. The third-order valence-corrected chi connectivity index (χ3v) is 1.12. The molecule has 0 aliphatic rings. The van der Waals surface area contributed by atoms with Gasteiger partial charge in [0.25, 0.3) is 0 Å². The van der Waals surface area contributed by atoms with E-state index in [1.54, 1.807) is 12.3 Å². The number of pyridine rings is 1. The van der Waals surface area contributed by atoms with E-state index < -0.39 is 5.97 Å². The Morgan fingerprint density at radius 1 is 1.59 bits per heavy atom. The van der Waals surface area contributed by atoms with Gasteiger partial charge in [-0.1, -0.05) is 6.07 Å². The minimum Gasteiger partial charge on any atom is -0.741 e. The van der Waals surface area contributed by atoms with Crippen LogP contribution in [0.3, 0.4) is 0 Å². The second-order valence-corrected chi connectivity index (χ2v) is 2.85. The van der Waals surface area contributed by atoms with E-state index in [0.29, 0.717) is 0 Å². The largest absolute Gasteiger partial charge is 0.741 e. The standard InChI is InChI=1S/C7H8N4S.C2H4O2.Cu/c8-7(12)11-10-5-6-3-1-2-4-9-6;1-2(3)4;/h1-5H,(H3,8,11,12);1H3,(H,3,4);/p-2/b10-5+;;. The van der Waals surface area contributed by atoms with Crippen molar-refractivity contribution in [2.24, 2.45) is 15.9 Å². The number of hydrogen-bond acceptors (Lipinski definition) is 6. The second-order valence-electron chi connectivity index (χ2n) is 2.43. The summed E-state index contributed by atoms with van der Waals surface area (Å²) in [5.41, 5.74) is 5.81. The molecule has 1 rings (SSSR count). The molecule has 0 saturated carbocycles. The molecule has 0 atom stereocenters. The molecule has 17 heavy (non-hydrogen) atoms. The molecule has 1 radical (unpaired) electrons. The molecule has 0 bridgehead atoms. The summed E-state index contributed by atoms with van der Waals surface area (Å²) in [7, 11) is 0. The number of nitrogens with two attached hydrogens (primary N) is 1. The molecule has 0 saturated heterocycles. The van der Waals surface area contributed by atoms with Crippen LogP contribution in [-0.2, 0) is 34.5 Å². The average Bonchev–Trinajstić information content (AvgIpc) is 2.18. The van der Waals surface area contributed by atoms with Crippen LogP contribution in [0.25, 0.3) is 0 Å². The first kappa shape index (κ1) is 17.9. The number of hydrogen-bond donors (Lipinski definition) is 1. The van der Waals surface area contributed by atoms with Crippen LogP contribution in [-0.4, -0.2) is 22.3 Å². The Labute approximate surface area is 115 Å². The Bertz CT molecular complexity index is 376. The SMILES string of the molecule is CC(=O)[O-].N/C([S-])=N/N=C/c1ccccn1.[Cu]. The fraction of sp³-hybridized carbons (Fsp3) is 0.111. The maximum atomic E-state index is 8.89. The Kier molecular flexibility index (Phi) is 11.6. The van der Waals surface area contributed by atoms with Gasteiger partial charge in [-0.15, -0.1) is 0 Å². The minimum absolute atomic E-state index is 0. The molecular formula is C9H10CuN4O2S-2. The summed E-state index contributed by atoms with van der Waals surface area (Å²) in [5.74, 6) is -1.08. The molecule has 0 spiro atoms. The summed E-state index contributed by atoms with van der Waals surface area (Å²) in [6.07, 6.45) is 3.15. The monoisotopic (exact) mass is 301 g/mol. The van der Waals surface area contributed by atoms with Crippen LogP contribution >= 0.6 is 0 Å². The molecular weight excluding hydrogens is 292 g/mol. The van der Waals surface area contributed by atoms with Gasteiger partial charge in [-0.3, -0.25) is 4.98 Å². The Morgan fingerprint density at radius 3 is 2.59 bits per heavy atom. The molecule has 97 valence electrons. The van der Waals surface area contributed by atoms with Gasteiger partial charge >= 0.3 is 0 Å². The number of carboxylic acids is 1. The first-order chi connectivity index (χ1) is 7.52. The summed E-state index contributed by atoms with van der Waals surface area (Å²) in [5, 5.41) is 16.0. The van der Waals surface area contributed by atoms with Crippen molar-refractivity contribution in [3.63, 3.8) is 0 Å². The van der Waals surface area contributed by atoms with Crippen LogP contribution < -0.4 is 10.8 Å². The molecule has 0 aromatic carbocycles. The van der Waals surface area contributed by atoms with Crippen LogP contribution in [0.1, 0.15) is 12.6 Å². The van der Waals surface area contributed by atoms with Crippen LogP contribution in [0.15, 0.2) is 34.6 Å². The van der Waals surface area contributed by atoms with Gasteiger partial charge in [0.05, 0.1) is 11.9 Å². The van der Waals surface area contributed by atoms with Gasteiger partial charge in [-0.25, -0.2) is 0 Å². The molecule has 0 aliphatic carbocycles. The Balaban J connectivity index is 0. The fourth-order valence-electron chi connectivity index (χ4n) is 0.597. The summed E-state index contributed by atoms with van der Waals surface area (Å²) < 4.78 is 0. The van der Waals surface area contributed by atoms with Crippen molar-refractivity contribution in [3.8, 4) is 0 Å². The molecule has 1 heterocycles. The fourth-order valence-corrected chi connectivity index (χ4v) is 0.644. The Hall–Kier alpha value is -1.50. The number of aliphatic carboxylic acids is 1. The molecule has 0 amide bonds. The Morgan fingerprint density at radius 2 is 2.18 bits per heavy atom. The maximum absolute atomic E-state index is 8.89. The number of carbonyl (C=O) groups is 1. The van der Waals surface area contributed by atoms with E-state index in [2.05, 4.69) is 27.8 Å². The molecule has 0 aliphatic heterocycles. The summed E-state index contributed by atoms with van der Waals surface area (Å²) in [6, 6.07) is 5.48. The summed E-state index contributed by atoms with van der Waals surface area (Å²) in [4.78, 5) is 12.9. The van der Waals surface area contributed by atoms with Gasteiger partial charge < -0.3 is 28.3 Å². The van der Waals surface area contributed by atoms with Crippen LogP contribution in [0.5, 0.6) is 0 Å². The number of amidine groups is 1. The van der Waals surface area contributed by atoms with E-state index in [1.807, 2.05) is 12.1 Å². The smallest absolute Gasteiger partial charge is 0.0831 e. The predicted molar refractivity (Wildman–Crippen MR) is 61.5 cm³/mol. The van der Waals surface area contributed by atoms with Gasteiger partial charge in [0.2, 0.25) is 0 Å². The molecule has 0 fully saturated rings. The van der Waals surface area contributed by atoms with Crippen molar-refractivity contribution < 1.29 is 27.0 Å². The first-order valence-corrected chi connectivity index (χ1v) is 4.55. The zero-order valence-electron chi connectivity index (χ0n) is 8.83. The van der Waals surface area contributed by atoms with Gasteiger partial charge in [-0.05, 0) is 24.2 Å². The number of nitrogens with zero attached hydrogens (tertiary/aromatic N) is 3. The van der Waals surface area contributed by atoms with E-state index in [9.17, 15) is 0 Å². The maximum Gasteiger partial charge on any atom is 0.0831 e. The summed E-state index contributed by atoms with van der Waals surface area (Å²) in [6.45, 7) is 0.972. The van der Waals surface area contributed by atoms with E-state index in [-0.39, 0.29) is 22.2 Å². The van der Waals surface area contributed by atoms with Crippen molar-refractivity contribution in [2.45, 2.75) is 6.92 Å². The molecule has 6 nitrogen and oxygen atoms in total. The normalized spacial score (nSPS) is 10.1. The van der Waals surface area contributed by atoms with Crippen molar-refractivity contribution >= 4 is 30.0 Å². The predicted octanol–water partition coefficient (Wildman–Crippen LogP) is -0.969. The van der Waals surface area contributed by atoms with E-state index in [1.165, 1.54) is 6.21 Å². The van der Waals surface area contributed by atoms with Crippen molar-refractivity contribution in [3.05, 3.63) is 30.1 Å². The van der Waals surface area contributed by atoms with Gasteiger partial charge in [0.1, 0.15) is 0 Å². The first-order valence-electron chi connectivity index (χ1n) is 4.14. The van der Waals surface area contributed by atoms with Gasteiger partial charge in [0.15, 0.2) is 0 Å². The van der Waals surface area contributed by atoms with Crippen molar-refractivity contribution in [1.29, 1.82) is 0 Å². The molecule has 2 N–H and O–H groups in total. The van der Waals surface area contributed by atoms with E-state index >= 15 is 0 Å². The van der Waals surface area contributed by atoms with Gasteiger partial charge in [0, 0.05) is 29.2 Å². The molecule has 8 heteroatoms. The number of rotatable bonds is 2. The average molecular weight is 302 g/mol. The van der Waals surface area contributed by atoms with Crippen molar-refractivity contribution in [2.75, 3.05) is 0 Å². The second kappa shape index (κ2) is 11.0. The number of carboxylic acid groups (broad SMARTS) is 1. The third-order valence-electron chi connectivity index (χ3n) is 1.03. The van der Waals surface area contributed by atoms with Crippen molar-refractivity contribution in [1.82, 2.24) is 4.98 Å². The van der Waals surface area contributed by atoms with Crippen LogP contribution in [0.2, 0.25) is 0 Å². The number of carbonyl (C=O) groups excluding carboxylic acids is 1. The van der Waals surface area contributed by atoms with Crippen LogP contribution in [0.4, 0.5) is 0 Å². The molecule has 0 unspecified atom stereocenters. The number of aromatic nitrogens is 1. The molecule has 1 aromatic heterocycles. The molecule has 1 aromatic rings. The zero-order valence-corrected chi connectivity index (χ0v) is 10.6. The quantitative estimate of drug-likeness (QED) is 0.249. The summed E-state index contributed by atoms with van der Waals surface area (Å²) >= 11 is 4.49. The van der Waals surface area contributed by atoms with E-state index in [0.717, 1.165) is 12.6 Å². The van der Waals surface area contributed by atoms with Crippen LogP contribution in [0, 0.1) is 0 Å². The third kappa shape index (κ3) is 14.5. The topological polar surface area (TPSA) is 104 Å². The van der Waals surface area contributed by atoms with Gasteiger partial charge in [-0.2, -0.15) is 10.2 Å².